The van der Waals surface area contributed by atoms with Crippen LogP contribution < -0.4 is 5.32 Å². The minimum Gasteiger partial charge on any atom is -0.340 e. The van der Waals surface area contributed by atoms with E-state index in [-0.39, 0.29) is 0 Å². The third-order valence-corrected chi connectivity index (χ3v) is 3.45. The Bertz CT molecular complexity index is 529. The molecule has 1 fully saturated rings. The van der Waals surface area contributed by atoms with Gasteiger partial charge in [0.2, 0.25) is 5.89 Å². The minimum atomic E-state index is 0.630. The molecule has 1 aliphatic carbocycles. The number of hydrogen-bond donors (Lipinski definition) is 1. The Labute approximate surface area is 113 Å². The van der Waals surface area contributed by atoms with E-state index in [0.717, 1.165) is 31.3 Å². The van der Waals surface area contributed by atoms with Gasteiger partial charge < -0.3 is 9.84 Å². The van der Waals surface area contributed by atoms with Gasteiger partial charge in [-0.2, -0.15) is 4.98 Å². The van der Waals surface area contributed by atoms with E-state index in [1.807, 2.05) is 6.92 Å². The lowest BCUT2D eigenvalue weighted by Gasteiger charge is -2.04. The van der Waals surface area contributed by atoms with Crippen LogP contribution >= 0.6 is 0 Å². The lowest BCUT2D eigenvalue weighted by Crippen LogP contribution is -2.17. The van der Waals surface area contributed by atoms with Crippen molar-refractivity contribution >= 4 is 0 Å². The van der Waals surface area contributed by atoms with Crippen molar-refractivity contribution in [1.82, 2.24) is 15.5 Å². The first-order valence-electron chi connectivity index (χ1n) is 6.90. The van der Waals surface area contributed by atoms with Crippen molar-refractivity contribution < 1.29 is 4.52 Å². The highest BCUT2D eigenvalue weighted by atomic mass is 16.5. The molecule has 0 amide bonds. The predicted molar refractivity (Wildman–Crippen MR) is 72.9 cm³/mol. The zero-order valence-corrected chi connectivity index (χ0v) is 11.2. The summed E-state index contributed by atoms with van der Waals surface area (Å²) in [5, 5.41) is 7.27. The zero-order valence-electron chi connectivity index (χ0n) is 11.2. The molecule has 1 saturated carbocycles. The molecule has 0 atom stereocenters. The molecule has 2 aromatic rings. The number of nitrogens with zero attached hydrogens (tertiary/aromatic N) is 2. The van der Waals surface area contributed by atoms with E-state index < -0.39 is 0 Å². The van der Waals surface area contributed by atoms with Crippen LogP contribution in [-0.2, 0) is 13.0 Å². The molecule has 0 spiro atoms. The summed E-state index contributed by atoms with van der Waals surface area (Å²) in [4.78, 5) is 4.18. The number of rotatable bonds is 6. The fraction of sp³-hybridized carbons (Fsp3) is 0.467. The number of aromatic nitrogens is 2. The summed E-state index contributed by atoms with van der Waals surface area (Å²) in [6.45, 7) is 3.57. The van der Waals surface area contributed by atoms with Gasteiger partial charge in [0.15, 0.2) is 5.82 Å². The van der Waals surface area contributed by atoms with Crippen LogP contribution in [0.1, 0.15) is 41.6 Å². The molecule has 1 aliphatic rings. The molecule has 4 heteroatoms. The maximum absolute atomic E-state index is 4.93. The number of aryl methyl sites for hydroxylation is 1. The second-order valence-electron chi connectivity index (χ2n) is 5.17. The average molecular weight is 257 g/mol. The maximum atomic E-state index is 4.93. The van der Waals surface area contributed by atoms with Crippen molar-refractivity contribution in [3.05, 3.63) is 47.1 Å². The van der Waals surface area contributed by atoms with Gasteiger partial charge in [-0.25, -0.2) is 0 Å². The standard InChI is InChI=1S/C15H19N3O/c1-11-17-15(18-19-11)8-9-16-10-12-2-4-13(5-3-12)14-6-7-14/h2-5,14,16H,6-10H2,1H3. The van der Waals surface area contributed by atoms with Crippen molar-refractivity contribution in [2.45, 2.75) is 38.6 Å². The van der Waals surface area contributed by atoms with Crippen molar-refractivity contribution in [2.24, 2.45) is 0 Å². The highest BCUT2D eigenvalue weighted by Gasteiger charge is 2.22. The molecule has 0 unspecified atom stereocenters. The fourth-order valence-corrected chi connectivity index (χ4v) is 2.20. The summed E-state index contributed by atoms with van der Waals surface area (Å²) < 4.78 is 4.93. The Hall–Kier alpha value is -1.68. The van der Waals surface area contributed by atoms with Crippen LogP contribution in [-0.4, -0.2) is 16.7 Å². The highest BCUT2D eigenvalue weighted by Crippen LogP contribution is 2.39. The van der Waals surface area contributed by atoms with Crippen LogP contribution in [0.15, 0.2) is 28.8 Å². The molecule has 0 bridgehead atoms. The molecule has 100 valence electrons. The second kappa shape index (κ2) is 5.53. The highest BCUT2D eigenvalue weighted by molar-refractivity contribution is 5.27. The Balaban J connectivity index is 1.41. The first kappa shape index (κ1) is 12.4. The molecular formula is C15H19N3O. The molecule has 0 aliphatic heterocycles. The van der Waals surface area contributed by atoms with E-state index in [4.69, 9.17) is 4.52 Å². The quantitative estimate of drug-likeness (QED) is 0.808. The Morgan fingerprint density at radius 1 is 1.26 bits per heavy atom. The average Bonchev–Trinajstić information content (AvgIpc) is 3.19. The predicted octanol–water partition coefficient (Wildman–Crippen LogP) is 2.59. The number of benzene rings is 1. The van der Waals surface area contributed by atoms with E-state index >= 15 is 0 Å². The van der Waals surface area contributed by atoms with Crippen molar-refractivity contribution in [3.63, 3.8) is 0 Å². The lowest BCUT2D eigenvalue weighted by atomic mass is 10.1. The summed E-state index contributed by atoms with van der Waals surface area (Å²) in [5.41, 5.74) is 2.82. The Morgan fingerprint density at radius 2 is 2.05 bits per heavy atom. The zero-order chi connectivity index (χ0) is 13.1. The third kappa shape index (κ3) is 3.41. The van der Waals surface area contributed by atoms with Crippen LogP contribution in [0.2, 0.25) is 0 Å². The summed E-state index contributed by atoms with van der Waals surface area (Å²) in [6, 6.07) is 8.97. The van der Waals surface area contributed by atoms with E-state index in [1.165, 1.54) is 24.0 Å². The SMILES string of the molecule is Cc1nc(CCNCc2ccc(C3CC3)cc2)no1. The van der Waals surface area contributed by atoms with E-state index in [0.29, 0.717) is 5.89 Å². The van der Waals surface area contributed by atoms with Crippen LogP contribution in [0.3, 0.4) is 0 Å². The van der Waals surface area contributed by atoms with Gasteiger partial charge in [0.1, 0.15) is 0 Å². The largest absolute Gasteiger partial charge is 0.340 e. The van der Waals surface area contributed by atoms with Crippen molar-refractivity contribution in [1.29, 1.82) is 0 Å². The molecule has 1 heterocycles. The molecule has 0 radical (unpaired) electrons. The van der Waals surface area contributed by atoms with Crippen LogP contribution in [0.4, 0.5) is 0 Å². The maximum Gasteiger partial charge on any atom is 0.223 e. The molecule has 19 heavy (non-hydrogen) atoms. The molecule has 1 N–H and O–H groups in total. The topological polar surface area (TPSA) is 51.0 Å². The van der Waals surface area contributed by atoms with Crippen molar-refractivity contribution in [3.8, 4) is 0 Å². The van der Waals surface area contributed by atoms with E-state index in [9.17, 15) is 0 Å². The molecule has 1 aromatic carbocycles. The van der Waals surface area contributed by atoms with Gasteiger partial charge >= 0.3 is 0 Å². The molecular weight excluding hydrogens is 238 g/mol. The van der Waals surface area contributed by atoms with Gasteiger partial charge in [0, 0.05) is 26.4 Å². The normalized spacial score (nSPS) is 14.8. The van der Waals surface area contributed by atoms with Gasteiger partial charge in [-0.15, -0.1) is 0 Å². The first-order valence-corrected chi connectivity index (χ1v) is 6.90. The second-order valence-corrected chi connectivity index (χ2v) is 5.17. The molecule has 0 saturated heterocycles. The Kier molecular flexibility index (Phi) is 3.60. The van der Waals surface area contributed by atoms with Crippen LogP contribution in [0.5, 0.6) is 0 Å². The summed E-state index contributed by atoms with van der Waals surface area (Å²) in [7, 11) is 0. The van der Waals surface area contributed by atoms with E-state index in [2.05, 4.69) is 39.7 Å². The summed E-state index contributed by atoms with van der Waals surface area (Å²) >= 11 is 0. The van der Waals surface area contributed by atoms with Gasteiger partial charge in [0.05, 0.1) is 0 Å². The van der Waals surface area contributed by atoms with Gasteiger partial charge in [-0.05, 0) is 29.9 Å². The minimum absolute atomic E-state index is 0.630. The van der Waals surface area contributed by atoms with Crippen molar-refractivity contribution in [2.75, 3.05) is 6.54 Å². The van der Waals surface area contributed by atoms with Gasteiger partial charge in [-0.3, -0.25) is 0 Å². The fourth-order valence-electron chi connectivity index (χ4n) is 2.20. The lowest BCUT2D eigenvalue weighted by molar-refractivity contribution is 0.387. The molecule has 1 aromatic heterocycles. The smallest absolute Gasteiger partial charge is 0.223 e. The summed E-state index contributed by atoms with van der Waals surface area (Å²) in [5.74, 6) is 2.24. The monoisotopic (exact) mass is 257 g/mol. The Morgan fingerprint density at radius 3 is 2.68 bits per heavy atom. The number of nitrogens with one attached hydrogen (secondary N) is 1. The first-order chi connectivity index (χ1) is 9.31. The van der Waals surface area contributed by atoms with Crippen LogP contribution in [0, 0.1) is 6.92 Å². The van der Waals surface area contributed by atoms with Gasteiger partial charge in [0.25, 0.3) is 0 Å². The number of hydrogen-bond acceptors (Lipinski definition) is 4. The summed E-state index contributed by atoms with van der Waals surface area (Å²) in [6.07, 6.45) is 3.53. The molecule has 4 nitrogen and oxygen atoms in total. The van der Waals surface area contributed by atoms with Crippen LogP contribution in [0.25, 0.3) is 0 Å². The van der Waals surface area contributed by atoms with Gasteiger partial charge in [-0.1, -0.05) is 29.4 Å². The van der Waals surface area contributed by atoms with E-state index in [1.54, 1.807) is 0 Å². The molecule has 3 rings (SSSR count). The third-order valence-electron chi connectivity index (χ3n) is 3.45.